The topological polar surface area (TPSA) is 79.8 Å². The third-order valence-electron chi connectivity index (χ3n) is 5.68. The zero-order valence-electron chi connectivity index (χ0n) is 19.3. The number of anilines is 1. The van der Waals surface area contributed by atoms with Crippen LogP contribution in [-0.2, 0) is 0 Å². The smallest absolute Gasteiger partial charge is 0.251 e. The number of carbonyl (C=O) groups excluding carboxylic acids is 1. The molecule has 2 aromatic carbocycles. The molecule has 1 amide bonds. The van der Waals surface area contributed by atoms with Crippen LogP contribution in [0.4, 0.5) is 10.2 Å². The normalized spacial score (nSPS) is 11.9. The largest absolute Gasteiger partial charge is 0.369 e. The van der Waals surface area contributed by atoms with Gasteiger partial charge in [-0.25, -0.2) is 14.4 Å². The number of benzene rings is 2. The number of carbonyl (C=O) groups is 1. The maximum atomic E-state index is 14.4. The summed E-state index contributed by atoms with van der Waals surface area (Å²) in [5, 5.41) is 6.91. The average Bonchev–Trinajstić information content (AvgIpc) is 2.85. The number of aryl methyl sites for hydroxylation is 1. The molecule has 0 aliphatic rings. The number of thioether (sulfide) groups is 1. The van der Waals surface area contributed by atoms with Gasteiger partial charge in [-0.3, -0.25) is 9.78 Å². The molecule has 4 rings (SSSR count). The van der Waals surface area contributed by atoms with Gasteiger partial charge in [0, 0.05) is 48.5 Å². The first-order valence-corrected chi connectivity index (χ1v) is 12.3. The van der Waals surface area contributed by atoms with Gasteiger partial charge in [-0.2, -0.15) is 11.8 Å². The van der Waals surface area contributed by atoms with Gasteiger partial charge >= 0.3 is 0 Å². The van der Waals surface area contributed by atoms with Gasteiger partial charge in [-0.15, -0.1) is 0 Å². The van der Waals surface area contributed by atoms with Crippen LogP contribution in [0.3, 0.4) is 0 Å². The Bertz CT molecular complexity index is 1330. The van der Waals surface area contributed by atoms with Gasteiger partial charge in [-0.1, -0.05) is 24.3 Å². The molecule has 0 bridgehead atoms. The summed E-state index contributed by atoms with van der Waals surface area (Å²) in [5.41, 5.74) is 4.30. The van der Waals surface area contributed by atoms with Crippen molar-refractivity contribution in [2.45, 2.75) is 12.8 Å². The van der Waals surface area contributed by atoms with Crippen LogP contribution in [0.25, 0.3) is 22.2 Å². The van der Waals surface area contributed by atoms with Crippen LogP contribution in [0.5, 0.6) is 0 Å². The first kappa shape index (κ1) is 23.6. The number of halogens is 1. The van der Waals surface area contributed by atoms with Crippen molar-refractivity contribution in [3.63, 3.8) is 0 Å². The second kappa shape index (κ2) is 10.6. The summed E-state index contributed by atoms with van der Waals surface area (Å²) in [4.78, 5) is 25.5. The van der Waals surface area contributed by atoms with E-state index < -0.39 is 0 Å². The van der Waals surface area contributed by atoms with Crippen molar-refractivity contribution in [2.24, 2.45) is 0 Å². The highest BCUT2D eigenvalue weighted by atomic mass is 32.2. The number of hydrogen-bond donors (Lipinski definition) is 2. The van der Waals surface area contributed by atoms with Crippen molar-refractivity contribution >= 4 is 34.4 Å². The molecule has 0 spiro atoms. The zero-order chi connectivity index (χ0) is 24.1. The fraction of sp³-hybridized carbons (Fsp3) is 0.231. The second-order valence-corrected chi connectivity index (χ2v) is 8.90. The van der Waals surface area contributed by atoms with Crippen molar-refractivity contribution < 1.29 is 9.18 Å². The van der Waals surface area contributed by atoms with Gasteiger partial charge in [0.25, 0.3) is 5.91 Å². The number of amides is 1. The number of nitrogens with zero attached hydrogens (tertiary/aromatic N) is 3. The molecule has 2 heterocycles. The standard InChI is InChI=1S/C26H26FN5OS/c1-16-7-8-21(22(27)11-16)23-12-24(32-15-31-23)30-13-17(14-34-3)18-5-4-6-19-20(26(33)28-2)9-10-29-25(18)19/h4-12,15,17H,13-14H2,1-3H3,(H,28,33)(H,30,31,32). The summed E-state index contributed by atoms with van der Waals surface area (Å²) < 4.78 is 14.4. The van der Waals surface area contributed by atoms with Gasteiger partial charge in [-0.05, 0) is 42.5 Å². The Morgan fingerprint density at radius 2 is 1.97 bits per heavy atom. The van der Waals surface area contributed by atoms with Gasteiger partial charge in [0.2, 0.25) is 0 Å². The van der Waals surface area contributed by atoms with Gasteiger partial charge in [0.05, 0.1) is 16.8 Å². The lowest BCUT2D eigenvalue weighted by Gasteiger charge is -2.19. The molecule has 0 aliphatic carbocycles. The van der Waals surface area contributed by atoms with E-state index >= 15 is 0 Å². The second-order valence-electron chi connectivity index (χ2n) is 7.99. The third-order valence-corrected chi connectivity index (χ3v) is 6.41. The number of fused-ring (bicyclic) bond motifs is 1. The highest BCUT2D eigenvalue weighted by Gasteiger charge is 2.18. The van der Waals surface area contributed by atoms with Gasteiger partial charge < -0.3 is 10.6 Å². The maximum absolute atomic E-state index is 14.4. The fourth-order valence-electron chi connectivity index (χ4n) is 3.98. The van der Waals surface area contributed by atoms with Crippen LogP contribution in [0, 0.1) is 12.7 Å². The van der Waals surface area contributed by atoms with E-state index in [4.69, 9.17) is 0 Å². The van der Waals surface area contributed by atoms with Crippen LogP contribution in [0.15, 0.2) is 61.1 Å². The molecule has 0 fully saturated rings. The van der Waals surface area contributed by atoms with E-state index in [1.807, 2.05) is 25.1 Å². The molecular weight excluding hydrogens is 449 g/mol. The molecule has 2 aromatic heterocycles. The number of aromatic nitrogens is 3. The van der Waals surface area contributed by atoms with E-state index in [9.17, 15) is 9.18 Å². The minimum atomic E-state index is -0.307. The quantitative estimate of drug-likeness (QED) is 0.371. The molecule has 0 aliphatic heterocycles. The predicted octanol–water partition coefficient (Wildman–Crippen LogP) is 5.06. The summed E-state index contributed by atoms with van der Waals surface area (Å²) in [5.74, 6) is 1.14. The maximum Gasteiger partial charge on any atom is 0.251 e. The molecule has 1 atom stereocenters. The van der Waals surface area contributed by atoms with E-state index in [1.54, 1.807) is 43.2 Å². The van der Waals surface area contributed by atoms with Gasteiger partial charge in [0.1, 0.15) is 18.0 Å². The van der Waals surface area contributed by atoms with E-state index in [0.29, 0.717) is 29.2 Å². The van der Waals surface area contributed by atoms with E-state index in [2.05, 4.69) is 37.9 Å². The van der Waals surface area contributed by atoms with Crippen molar-refractivity contribution in [3.05, 3.63) is 83.6 Å². The summed E-state index contributed by atoms with van der Waals surface area (Å²) in [7, 11) is 1.62. The molecule has 0 saturated carbocycles. The molecule has 4 aromatic rings. The zero-order valence-corrected chi connectivity index (χ0v) is 20.1. The summed E-state index contributed by atoms with van der Waals surface area (Å²) >= 11 is 1.74. The van der Waals surface area contributed by atoms with Crippen molar-refractivity contribution in [3.8, 4) is 11.3 Å². The Hall–Kier alpha value is -3.52. The molecule has 1 unspecified atom stereocenters. The lowest BCUT2D eigenvalue weighted by molar-refractivity contribution is 0.0964. The lowest BCUT2D eigenvalue weighted by atomic mass is 9.95. The first-order valence-electron chi connectivity index (χ1n) is 10.9. The predicted molar refractivity (Wildman–Crippen MR) is 137 cm³/mol. The molecular formula is C26H26FN5OS. The Kier molecular flexibility index (Phi) is 7.37. The van der Waals surface area contributed by atoms with Gasteiger partial charge in [0.15, 0.2) is 0 Å². The number of nitrogens with one attached hydrogen (secondary N) is 2. The monoisotopic (exact) mass is 475 g/mol. The lowest BCUT2D eigenvalue weighted by Crippen LogP contribution is -2.19. The SMILES string of the molecule is CNC(=O)c1ccnc2c(C(CNc3cc(-c4ccc(C)cc4F)ncn3)CSC)cccc12. The van der Waals surface area contributed by atoms with Crippen LogP contribution in [-0.4, -0.2) is 46.5 Å². The van der Waals surface area contributed by atoms with Crippen molar-refractivity contribution in [1.82, 2.24) is 20.3 Å². The van der Waals surface area contributed by atoms with Crippen LogP contribution in [0.1, 0.15) is 27.4 Å². The Morgan fingerprint density at radius 3 is 2.74 bits per heavy atom. The fourth-order valence-corrected chi connectivity index (χ4v) is 4.68. The van der Waals surface area contributed by atoms with Crippen LogP contribution < -0.4 is 10.6 Å². The third kappa shape index (κ3) is 5.02. The van der Waals surface area contributed by atoms with Crippen LogP contribution in [0.2, 0.25) is 0 Å². The van der Waals surface area contributed by atoms with Crippen LogP contribution >= 0.6 is 11.8 Å². The first-order chi connectivity index (χ1) is 16.5. The van der Waals surface area contributed by atoms with E-state index in [0.717, 1.165) is 27.8 Å². The number of para-hydroxylation sites is 1. The molecule has 8 heteroatoms. The summed E-state index contributed by atoms with van der Waals surface area (Å²) in [6.07, 6.45) is 5.17. The van der Waals surface area contributed by atoms with E-state index in [-0.39, 0.29) is 17.6 Å². The Labute approximate surface area is 202 Å². The minimum Gasteiger partial charge on any atom is -0.369 e. The average molecular weight is 476 g/mol. The minimum absolute atomic E-state index is 0.112. The molecule has 6 nitrogen and oxygen atoms in total. The highest BCUT2D eigenvalue weighted by Crippen LogP contribution is 2.29. The van der Waals surface area contributed by atoms with Crippen molar-refractivity contribution in [2.75, 3.05) is 30.9 Å². The number of rotatable bonds is 8. The highest BCUT2D eigenvalue weighted by molar-refractivity contribution is 7.98. The molecule has 0 saturated heterocycles. The van der Waals surface area contributed by atoms with Crippen molar-refractivity contribution in [1.29, 1.82) is 0 Å². The number of pyridine rings is 1. The number of hydrogen-bond acceptors (Lipinski definition) is 6. The molecule has 2 N–H and O–H groups in total. The molecule has 0 radical (unpaired) electrons. The Balaban J connectivity index is 1.62. The summed E-state index contributed by atoms with van der Waals surface area (Å²) in [6.45, 7) is 2.45. The van der Waals surface area contributed by atoms with E-state index in [1.165, 1.54) is 12.4 Å². The Morgan fingerprint density at radius 1 is 1.12 bits per heavy atom. The molecule has 174 valence electrons. The molecule has 34 heavy (non-hydrogen) atoms. The summed E-state index contributed by atoms with van der Waals surface area (Å²) in [6, 6.07) is 14.5.